The predicted octanol–water partition coefficient (Wildman–Crippen LogP) is 1.53. The Hall–Kier alpha value is -1.23. The fourth-order valence-electron chi connectivity index (χ4n) is 1.86. The number of hydrogen-bond donors (Lipinski definition) is 0. The lowest BCUT2D eigenvalue weighted by molar-refractivity contribution is 0.181. The third-order valence-electron chi connectivity index (χ3n) is 2.89. The molecule has 1 aromatic rings. The molecule has 1 aliphatic heterocycles. The third-order valence-corrected chi connectivity index (χ3v) is 2.89. The van der Waals surface area contributed by atoms with Gasteiger partial charge in [0.2, 0.25) is 0 Å². The van der Waals surface area contributed by atoms with Crippen LogP contribution < -0.4 is 0 Å². The number of nitrogens with zero attached hydrogens (tertiary/aromatic N) is 4. The van der Waals surface area contributed by atoms with Crippen LogP contribution in [0.3, 0.4) is 0 Å². The summed E-state index contributed by atoms with van der Waals surface area (Å²) >= 11 is 0. The average molecular weight is 236 g/mol. The molecule has 1 atom stereocenters. The lowest BCUT2D eigenvalue weighted by Gasteiger charge is -2.05. The van der Waals surface area contributed by atoms with Gasteiger partial charge in [0.05, 0.1) is 19.0 Å². The maximum Gasteiger partial charge on any atom is 0.123 e. The van der Waals surface area contributed by atoms with Crippen molar-refractivity contribution < 1.29 is 4.74 Å². The van der Waals surface area contributed by atoms with Crippen molar-refractivity contribution in [2.24, 2.45) is 10.9 Å². The second-order valence-electron chi connectivity index (χ2n) is 4.48. The minimum atomic E-state index is 0.585. The van der Waals surface area contributed by atoms with E-state index in [-0.39, 0.29) is 0 Å². The van der Waals surface area contributed by atoms with Crippen molar-refractivity contribution in [1.82, 2.24) is 15.0 Å². The van der Waals surface area contributed by atoms with Crippen LogP contribution in [0.4, 0.5) is 0 Å². The van der Waals surface area contributed by atoms with Crippen LogP contribution in [0.25, 0.3) is 0 Å². The molecule has 5 heteroatoms. The molecule has 0 saturated carbocycles. The van der Waals surface area contributed by atoms with E-state index in [1.807, 2.05) is 17.1 Å². The molecule has 0 bridgehead atoms. The van der Waals surface area contributed by atoms with E-state index < -0.39 is 0 Å². The van der Waals surface area contributed by atoms with Gasteiger partial charge in [0, 0.05) is 25.6 Å². The maximum atomic E-state index is 5.34. The highest BCUT2D eigenvalue weighted by Crippen LogP contribution is 2.13. The van der Waals surface area contributed by atoms with E-state index in [0.29, 0.717) is 5.92 Å². The first-order chi connectivity index (χ1) is 8.38. The fourth-order valence-corrected chi connectivity index (χ4v) is 1.86. The summed E-state index contributed by atoms with van der Waals surface area (Å²) in [6.45, 7) is 5.66. The molecule has 0 unspecified atom stereocenters. The van der Waals surface area contributed by atoms with Crippen LogP contribution in [0.1, 0.15) is 31.9 Å². The summed E-state index contributed by atoms with van der Waals surface area (Å²) in [4.78, 5) is 4.31. The van der Waals surface area contributed by atoms with Crippen molar-refractivity contribution >= 4 is 6.21 Å². The van der Waals surface area contributed by atoms with Crippen molar-refractivity contribution in [2.45, 2.75) is 32.7 Å². The van der Waals surface area contributed by atoms with Gasteiger partial charge in [-0.3, -0.25) is 9.67 Å². The molecule has 1 aromatic heterocycles. The predicted molar refractivity (Wildman–Crippen MR) is 66.3 cm³/mol. The van der Waals surface area contributed by atoms with Gasteiger partial charge in [-0.15, -0.1) is 5.10 Å². The van der Waals surface area contributed by atoms with Crippen LogP contribution in [-0.4, -0.2) is 41.0 Å². The van der Waals surface area contributed by atoms with E-state index in [9.17, 15) is 0 Å². The number of aliphatic imine (C=N–C) groups is 1. The number of unbranched alkanes of at least 4 members (excludes halogenated alkanes) is 1. The van der Waals surface area contributed by atoms with Crippen LogP contribution in [0.2, 0.25) is 0 Å². The van der Waals surface area contributed by atoms with E-state index >= 15 is 0 Å². The molecule has 1 aliphatic rings. The summed E-state index contributed by atoms with van der Waals surface area (Å²) < 4.78 is 7.23. The van der Waals surface area contributed by atoms with Crippen molar-refractivity contribution in [1.29, 1.82) is 0 Å². The molecule has 0 N–H and O–H groups in total. The summed E-state index contributed by atoms with van der Waals surface area (Å²) in [5.41, 5.74) is 0.847. The molecule has 0 radical (unpaired) electrons. The molecule has 1 saturated heterocycles. The molecule has 94 valence electrons. The Morgan fingerprint density at radius 1 is 1.65 bits per heavy atom. The first kappa shape index (κ1) is 12.2. The first-order valence-electron chi connectivity index (χ1n) is 6.36. The fraction of sp³-hybridized carbons (Fsp3) is 0.750. The van der Waals surface area contributed by atoms with Crippen LogP contribution in [-0.2, 0) is 11.3 Å². The molecule has 2 rings (SSSR count). The van der Waals surface area contributed by atoms with Gasteiger partial charge in [-0.05, 0) is 12.8 Å². The summed E-state index contributed by atoms with van der Waals surface area (Å²) in [5, 5.41) is 8.18. The van der Waals surface area contributed by atoms with Crippen molar-refractivity contribution in [3.05, 3.63) is 11.9 Å². The first-order valence-corrected chi connectivity index (χ1v) is 6.36. The van der Waals surface area contributed by atoms with Gasteiger partial charge in [0.1, 0.15) is 5.69 Å². The van der Waals surface area contributed by atoms with Gasteiger partial charge in [-0.25, -0.2) is 0 Å². The van der Waals surface area contributed by atoms with Gasteiger partial charge < -0.3 is 4.74 Å². The summed E-state index contributed by atoms with van der Waals surface area (Å²) in [5.74, 6) is 0.585. The van der Waals surface area contributed by atoms with E-state index in [2.05, 4.69) is 22.2 Å². The molecular formula is C12H20N4O. The largest absolute Gasteiger partial charge is 0.381 e. The molecular weight excluding hydrogens is 216 g/mol. The second-order valence-corrected chi connectivity index (χ2v) is 4.48. The van der Waals surface area contributed by atoms with Gasteiger partial charge >= 0.3 is 0 Å². The van der Waals surface area contributed by atoms with Crippen LogP contribution >= 0.6 is 0 Å². The van der Waals surface area contributed by atoms with Crippen LogP contribution in [0.15, 0.2) is 11.2 Å². The lowest BCUT2D eigenvalue weighted by atomic mass is 10.1. The summed E-state index contributed by atoms with van der Waals surface area (Å²) in [7, 11) is 0. The van der Waals surface area contributed by atoms with Gasteiger partial charge in [-0.1, -0.05) is 18.6 Å². The molecule has 0 aromatic carbocycles. The highest BCUT2D eigenvalue weighted by molar-refractivity contribution is 5.76. The zero-order valence-electron chi connectivity index (χ0n) is 10.4. The number of aromatic nitrogens is 3. The quantitative estimate of drug-likeness (QED) is 0.556. The zero-order valence-corrected chi connectivity index (χ0v) is 10.4. The maximum absolute atomic E-state index is 5.34. The number of hydrogen-bond acceptors (Lipinski definition) is 4. The lowest BCUT2D eigenvalue weighted by Crippen LogP contribution is -2.11. The standard InChI is InChI=1S/C12H20N4O/c1-2-3-5-13-7-12-9-16(15-14-12)8-11-4-6-17-10-11/h7,9,11H,2-6,8,10H2,1H3/t11-/m0/s1. The highest BCUT2D eigenvalue weighted by Gasteiger charge is 2.16. The Kier molecular flexibility index (Phi) is 4.67. The Bertz CT molecular complexity index is 355. The smallest absolute Gasteiger partial charge is 0.123 e. The monoisotopic (exact) mass is 236 g/mol. The molecule has 1 fully saturated rings. The van der Waals surface area contributed by atoms with Crippen molar-refractivity contribution in [3.63, 3.8) is 0 Å². The molecule has 17 heavy (non-hydrogen) atoms. The zero-order chi connectivity index (χ0) is 11.9. The Morgan fingerprint density at radius 2 is 2.59 bits per heavy atom. The SMILES string of the molecule is CCCCN=Cc1cn(C[C@@H]2CCOC2)nn1. The van der Waals surface area contributed by atoms with E-state index in [0.717, 1.165) is 44.8 Å². The van der Waals surface area contributed by atoms with Crippen molar-refractivity contribution in [2.75, 3.05) is 19.8 Å². The number of ether oxygens (including phenoxy) is 1. The molecule has 0 spiro atoms. The van der Waals surface area contributed by atoms with Crippen LogP contribution in [0.5, 0.6) is 0 Å². The minimum absolute atomic E-state index is 0.585. The van der Waals surface area contributed by atoms with Gasteiger partial charge in [0.25, 0.3) is 0 Å². The number of rotatable bonds is 6. The Balaban J connectivity index is 1.80. The molecule has 5 nitrogen and oxygen atoms in total. The van der Waals surface area contributed by atoms with E-state index in [1.165, 1.54) is 6.42 Å². The normalized spacial score (nSPS) is 20.4. The Morgan fingerprint density at radius 3 is 3.35 bits per heavy atom. The van der Waals surface area contributed by atoms with E-state index in [4.69, 9.17) is 4.74 Å². The molecule has 0 aliphatic carbocycles. The van der Waals surface area contributed by atoms with Gasteiger partial charge in [0.15, 0.2) is 0 Å². The average Bonchev–Trinajstić information content (AvgIpc) is 2.97. The summed E-state index contributed by atoms with van der Waals surface area (Å²) in [6.07, 6.45) is 7.19. The third kappa shape index (κ3) is 3.93. The van der Waals surface area contributed by atoms with Gasteiger partial charge in [-0.2, -0.15) is 0 Å². The minimum Gasteiger partial charge on any atom is -0.381 e. The highest BCUT2D eigenvalue weighted by atomic mass is 16.5. The second kappa shape index (κ2) is 6.49. The molecule has 2 heterocycles. The van der Waals surface area contributed by atoms with Crippen molar-refractivity contribution in [3.8, 4) is 0 Å². The molecule has 0 amide bonds. The van der Waals surface area contributed by atoms with E-state index in [1.54, 1.807) is 0 Å². The topological polar surface area (TPSA) is 52.3 Å². The van der Waals surface area contributed by atoms with Crippen LogP contribution in [0, 0.1) is 5.92 Å². The summed E-state index contributed by atoms with van der Waals surface area (Å²) in [6, 6.07) is 0. The Labute approximate surface area is 102 Å².